The van der Waals surface area contributed by atoms with Gasteiger partial charge in [0.05, 0.1) is 16.6 Å². The Hall–Kier alpha value is -3.19. The SMILES string of the molecule is CCc1ccccc1-n1c(=O)c2ccccc2n(CC(=O)N2CCN(CC)CC2)c1=O. The molecule has 1 fully saturated rings. The Morgan fingerprint density at radius 3 is 2.29 bits per heavy atom. The van der Waals surface area contributed by atoms with Crippen molar-refractivity contribution in [3.05, 3.63) is 74.9 Å². The molecule has 1 aliphatic rings. The molecule has 1 aromatic heterocycles. The number of likely N-dealkylation sites (N-methyl/N-ethyl adjacent to an activating group) is 1. The summed E-state index contributed by atoms with van der Waals surface area (Å²) in [7, 11) is 0. The largest absolute Gasteiger partial charge is 0.339 e. The minimum absolute atomic E-state index is 0.0833. The summed E-state index contributed by atoms with van der Waals surface area (Å²) in [5, 5.41) is 0.427. The average Bonchev–Trinajstić information content (AvgIpc) is 2.82. The Kier molecular flexibility index (Phi) is 6.04. The minimum Gasteiger partial charge on any atom is -0.339 e. The summed E-state index contributed by atoms with van der Waals surface area (Å²) in [5.41, 5.74) is 1.13. The van der Waals surface area contributed by atoms with E-state index in [-0.39, 0.29) is 18.0 Å². The molecule has 1 amide bonds. The lowest BCUT2D eigenvalue weighted by Crippen LogP contribution is -2.50. The molecule has 0 spiro atoms. The van der Waals surface area contributed by atoms with Crippen molar-refractivity contribution in [3.8, 4) is 5.69 Å². The van der Waals surface area contributed by atoms with E-state index in [0.29, 0.717) is 36.1 Å². The Morgan fingerprint density at radius 2 is 1.58 bits per heavy atom. The first-order valence-corrected chi connectivity index (χ1v) is 10.9. The lowest BCUT2D eigenvalue weighted by molar-refractivity contribution is -0.133. The van der Waals surface area contributed by atoms with Gasteiger partial charge in [0.2, 0.25) is 5.91 Å². The molecule has 7 nitrogen and oxygen atoms in total. The molecule has 2 aromatic carbocycles. The molecule has 0 bridgehead atoms. The van der Waals surface area contributed by atoms with Gasteiger partial charge in [-0.25, -0.2) is 9.36 Å². The number of hydrogen-bond acceptors (Lipinski definition) is 4. The van der Waals surface area contributed by atoms with E-state index in [1.807, 2.05) is 30.0 Å². The van der Waals surface area contributed by atoms with Crippen molar-refractivity contribution in [2.24, 2.45) is 0 Å². The Bertz CT molecular complexity index is 1220. The first-order chi connectivity index (χ1) is 15.0. The van der Waals surface area contributed by atoms with Gasteiger partial charge in [0, 0.05) is 26.2 Å². The van der Waals surface area contributed by atoms with Crippen LogP contribution in [0.3, 0.4) is 0 Å². The van der Waals surface area contributed by atoms with E-state index >= 15 is 0 Å². The van der Waals surface area contributed by atoms with Crippen molar-refractivity contribution >= 4 is 16.8 Å². The number of carbonyl (C=O) groups is 1. The number of piperazine rings is 1. The normalized spacial score (nSPS) is 14.8. The van der Waals surface area contributed by atoms with Crippen molar-refractivity contribution in [1.82, 2.24) is 18.9 Å². The number of nitrogens with zero attached hydrogens (tertiary/aromatic N) is 4. The monoisotopic (exact) mass is 420 g/mol. The van der Waals surface area contributed by atoms with Crippen molar-refractivity contribution in [3.63, 3.8) is 0 Å². The second-order valence-electron chi connectivity index (χ2n) is 7.82. The molecule has 1 saturated heterocycles. The number of aromatic nitrogens is 2. The van der Waals surface area contributed by atoms with E-state index < -0.39 is 5.69 Å². The molecular formula is C24H28N4O3. The lowest BCUT2D eigenvalue weighted by Gasteiger charge is -2.34. The highest BCUT2D eigenvalue weighted by molar-refractivity contribution is 5.82. The predicted octanol–water partition coefficient (Wildman–Crippen LogP) is 1.88. The smallest absolute Gasteiger partial charge is 0.336 e. The van der Waals surface area contributed by atoms with Crippen LogP contribution in [0, 0.1) is 0 Å². The van der Waals surface area contributed by atoms with Crippen LogP contribution in [0.15, 0.2) is 58.1 Å². The van der Waals surface area contributed by atoms with Gasteiger partial charge in [-0.15, -0.1) is 0 Å². The summed E-state index contributed by atoms with van der Waals surface area (Å²) in [4.78, 5) is 44.0. The zero-order valence-electron chi connectivity index (χ0n) is 18.1. The highest BCUT2D eigenvalue weighted by Crippen LogP contribution is 2.15. The summed E-state index contributed by atoms with van der Waals surface area (Å²) in [6.45, 7) is 7.95. The maximum atomic E-state index is 13.5. The molecule has 162 valence electrons. The van der Waals surface area contributed by atoms with Crippen LogP contribution in [0.25, 0.3) is 16.6 Å². The molecule has 3 aromatic rings. The fourth-order valence-corrected chi connectivity index (χ4v) is 4.26. The zero-order chi connectivity index (χ0) is 22.0. The Labute approximate surface area is 181 Å². The molecule has 0 saturated carbocycles. The van der Waals surface area contributed by atoms with Crippen LogP contribution in [-0.2, 0) is 17.8 Å². The van der Waals surface area contributed by atoms with Crippen molar-refractivity contribution in [2.75, 3.05) is 32.7 Å². The van der Waals surface area contributed by atoms with Crippen molar-refractivity contribution < 1.29 is 4.79 Å². The Balaban J connectivity index is 1.81. The van der Waals surface area contributed by atoms with Crippen LogP contribution in [0.1, 0.15) is 19.4 Å². The van der Waals surface area contributed by atoms with Crippen molar-refractivity contribution in [2.45, 2.75) is 26.8 Å². The number of hydrogen-bond donors (Lipinski definition) is 0. The van der Waals surface area contributed by atoms with E-state index in [4.69, 9.17) is 0 Å². The number of aryl methyl sites for hydroxylation is 1. The van der Waals surface area contributed by atoms with Gasteiger partial charge in [0.25, 0.3) is 5.56 Å². The maximum Gasteiger partial charge on any atom is 0.336 e. The maximum absolute atomic E-state index is 13.5. The quantitative estimate of drug-likeness (QED) is 0.632. The van der Waals surface area contributed by atoms with Crippen LogP contribution < -0.4 is 11.2 Å². The van der Waals surface area contributed by atoms with Crippen LogP contribution in [0.5, 0.6) is 0 Å². The van der Waals surface area contributed by atoms with Gasteiger partial charge in [-0.3, -0.25) is 14.2 Å². The van der Waals surface area contributed by atoms with Crippen LogP contribution >= 0.6 is 0 Å². The van der Waals surface area contributed by atoms with Crippen LogP contribution in [-0.4, -0.2) is 57.6 Å². The molecular weight excluding hydrogens is 392 g/mol. The van der Waals surface area contributed by atoms with E-state index in [9.17, 15) is 14.4 Å². The number of rotatable bonds is 5. The van der Waals surface area contributed by atoms with Gasteiger partial charge in [0.1, 0.15) is 6.54 Å². The fourth-order valence-electron chi connectivity index (χ4n) is 4.26. The molecule has 0 radical (unpaired) electrons. The highest BCUT2D eigenvalue weighted by Gasteiger charge is 2.23. The number of fused-ring (bicyclic) bond motifs is 1. The minimum atomic E-state index is -0.481. The number of para-hydroxylation sites is 2. The summed E-state index contributed by atoms with van der Waals surface area (Å²) < 4.78 is 2.65. The Morgan fingerprint density at radius 1 is 0.903 bits per heavy atom. The van der Waals surface area contributed by atoms with Gasteiger partial charge in [-0.1, -0.05) is 44.2 Å². The second kappa shape index (κ2) is 8.89. The average molecular weight is 421 g/mol. The third kappa shape index (κ3) is 3.93. The number of amides is 1. The van der Waals surface area contributed by atoms with E-state index in [0.717, 1.165) is 25.2 Å². The summed E-state index contributed by atoms with van der Waals surface area (Å²) in [5.74, 6) is -0.100. The van der Waals surface area contributed by atoms with Crippen molar-refractivity contribution in [1.29, 1.82) is 0 Å². The fraction of sp³-hybridized carbons (Fsp3) is 0.375. The molecule has 1 aliphatic heterocycles. The molecule has 4 rings (SSSR count). The summed E-state index contributed by atoms with van der Waals surface area (Å²) >= 11 is 0. The predicted molar refractivity (Wildman–Crippen MR) is 122 cm³/mol. The third-order valence-corrected chi connectivity index (χ3v) is 6.13. The molecule has 0 unspecified atom stereocenters. The van der Waals surface area contributed by atoms with Gasteiger partial charge in [0.15, 0.2) is 0 Å². The van der Waals surface area contributed by atoms with E-state index in [1.54, 1.807) is 30.3 Å². The van der Waals surface area contributed by atoms with E-state index in [1.165, 1.54) is 9.13 Å². The van der Waals surface area contributed by atoms with Crippen LogP contribution in [0.2, 0.25) is 0 Å². The second-order valence-corrected chi connectivity index (χ2v) is 7.82. The van der Waals surface area contributed by atoms with Crippen LogP contribution in [0.4, 0.5) is 0 Å². The van der Waals surface area contributed by atoms with E-state index in [2.05, 4.69) is 11.8 Å². The zero-order valence-corrected chi connectivity index (χ0v) is 18.1. The summed E-state index contributed by atoms with van der Waals surface area (Å²) in [6, 6.07) is 14.4. The van der Waals surface area contributed by atoms with Gasteiger partial charge < -0.3 is 9.80 Å². The third-order valence-electron chi connectivity index (χ3n) is 6.13. The lowest BCUT2D eigenvalue weighted by atomic mass is 10.1. The summed E-state index contributed by atoms with van der Waals surface area (Å²) in [6.07, 6.45) is 0.690. The molecule has 2 heterocycles. The first kappa shape index (κ1) is 21.1. The molecule has 31 heavy (non-hydrogen) atoms. The topological polar surface area (TPSA) is 67.6 Å². The molecule has 7 heteroatoms. The first-order valence-electron chi connectivity index (χ1n) is 10.9. The van der Waals surface area contributed by atoms with Gasteiger partial charge >= 0.3 is 5.69 Å². The number of benzene rings is 2. The molecule has 0 atom stereocenters. The van der Waals surface area contributed by atoms with Gasteiger partial charge in [-0.05, 0) is 36.7 Å². The molecule has 0 N–H and O–H groups in total. The standard InChI is InChI=1S/C24H28N4O3/c1-3-18-9-5-7-11-20(18)28-23(30)19-10-6-8-12-21(19)27(24(28)31)17-22(29)26-15-13-25(4-2)14-16-26/h5-12H,3-4,13-17H2,1-2H3. The highest BCUT2D eigenvalue weighted by atomic mass is 16.2. The van der Waals surface area contributed by atoms with Gasteiger partial charge in [-0.2, -0.15) is 0 Å². The number of carbonyl (C=O) groups excluding carboxylic acids is 1. The molecule has 0 aliphatic carbocycles.